The summed E-state index contributed by atoms with van der Waals surface area (Å²) in [6, 6.07) is 0. The summed E-state index contributed by atoms with van der Waals surface area (Å²) in [6.45, 7) is 6.52. The third kappa shape index (κ3) is 15.9. The summed E-state index contributed by atoms with van der Waals surface area (Å²) in [4.78, 5) is 11.7. The Morgan fingerprint density at radius 2 is 1.18 bits per heavy atom. The van der Waals surface area contributed by atoms with E-state index >= 15 is 0 Å². The van der Waals surface area contributed by atoms with E-state index in [2.05, 4.69) is 13.8 Å². The molecule has 0 rings (SSSR count). The van der Waals surface area contributed by atoms with E-state index in [1.807, 2.05) is 6.92 Å². The second-order valence-corrected chi connectivity index (χ2v) is 6.73. The molecule has 0 saturated carbocycles. The van der Waals surface area contributed by atoms with Gasteiger partial charge < -0.3 is 4.74 Å². The van der Waals surface area contributed by atoms with Gasteiger partial charge in [0.25, 0.3) is 0 Å². The molecule has 132 valence electrons. The van der Waals surface area contributed by atoms with Crippen LogP contribution in [0.4, 0.5) is 0 Å². The van der Waals surface area contributed by atoms with Crippen molar-refractivity contribution in [2.45, 2.75) is 123 Å². The Morgan fingerprint density at radius 3 is 1.73 bits per heavy atom. The summed E-state index contributed by atoms with van der Waals surface area (Å²) < 4.78 is 5.48. The molecule has 0 aliphatic rings. The Hall–Kier alpha value is -0.530. The molecule has 0 radical (unpaired) electrons. The number of esters is 1. The minimum atomic E-state index is 0.00550. The van der Waals surface area contributed by atoms with Crippen molar-refractivity contribution in [3.63, 3.8) is 0 Å². The molecule has 0 bridgehead atoms. The minimum Gasteiger partial charge on any atom is -0.463 e. The highest BCUT2D eigenvalue weighted by Crippen LogP contribution is 2.12. The molecule has 2 nitrogen and oxygen atoms in total. The van der Waals surface area contributed by atoms with Crippen molar-refractivity contribution >= 4 is 5.97 Å². The van der Waals surface area contributed by atoms with E-state index in [4.69, 9.17) is 4.74 Å². The lowest BCUT2D eigenvalue weighted by Gasteiger charge is -2.13. The van der Waals surface area contributed by atoms with Gasteiger partial charge in [-0.2, -0.15) is 0 Å². The van der Waals surface area contributed by atoms with Gasteiger partial charge >= 0.3 is 5.97 Å². The van der Waals surface area contributed by atoms with Gasteiger partial charge in [0.1, 0.15) is 0 Å². The Morgan fingerprint density at radius 1 is 0.727 bits per heavy atom. The Kier molecular flexibility index (Phi) is 16.4. The van der Waals surface area contributed by atoms with Crippen LogP contribution in [0.3, 0.4) is 0 Å². The molecule has 0 aliphatic carbocycles. The number of hydrogen-bond donors (Lipinski definition) is 0. The van der Waals surface area contributed by atoms with Gasteiger partial charge in [0.05, 0.1) is 6.10 Å². The molecule has 0 aromatic rings. The van der Waals surface area contributed by atoms with Crippen LogP contribution in [0.5, 0.6) is 0 Å². The number of ether oxygens (including phenoxy) is 1. The van der Waals surface area contributed by atoms with Crippen LogP contribution < -0.4 is 0 Å². The number of carbonyl (C=O) groups excluding carboxylic acids is 1. The van der Waals surface area contributed by atoms with Crippen LogP contribution in [0.15, 0.2) is 0 Å². The average Bonchev–Trinajstić information content (AvgIpc) is 2.50. The van der Waals surface area contributed by atoms with Gasteiger partial charge in [-0.3, -0.25) is 4.79 Å². The van der Waals surface area contributed by atoms with E-state index in [1.54, 1.807) is 0 Å². The summed E-state index contributed by atoms with van der Waals surface area (Å²) in [5, 5.41) is 0. The molecule has 0 amide bonds. The maximum Gasteiger partial charge on any atom is 0.306 e. The first-order chi connectivity index (χ1) is 10.7. The molecule has 0 aromatic carbocycles. The number of unbranched alkanes of at least 4 members (excludes halogenated alkanes) is 11. The van der Waals surface area contributed by atoms with E-state index < -0.39 is 0 Å². The molecule has 0 heterocycles. The zero-order chi connectivity index (χ0) is 16.5. The largest absolute Gasteiger partial charge is 0.463 e. The molecule has 0 N–H and O–H groups in total. The monoisotopic (exact) mass is 312 g/mol. The topological polar surface area (TPSA) is 26.3 Å². The molecule has 0 saturated heterocycles. The Balaban J connectivity index is 3.34. The molecular weight excluding hydrogens is 272 g/mol. The van der Waals surface area contributed by atoms with Crippen molar-refractivity contribution in [1.29, 1.82) is 0 Å². The van der Waals surface area contributed by atoms with Gasteiger partial charge in [-0.1, -0.05) is 84.5 Å². The van der Waals surface area contributed by atoms with Gasteiger partial charge in [-0.05, 0) is 26.2 Å². The van der Waals surface area contributed by atoms with Gasteiger partial charge in [0.2, 0.25) is 0 Å². The van der Waals surface area contributed by atoms with Crippen LogP contribution in [0.2, 0.25) is 0 Å². The standard InChI is InChI=1S/C20H40O2/c1-4-6-8-10-12-13-15-17-19(3)22-20(21)18-16-14-11-9-7-5-2/h19H,4-18H2,1-3H3. The van der Waals surface area contributed by atoms with Crippen molar-refractivity contribution in [3.05, 3.63) is 0 Å². The summed E-state index contributed by atoms with van der Waals surface area (Å²) in [5.41, 5.74) is 0. The van der Waals surface area contributed by atoms with Crippen molar-refractivity contribution in [3.8, 4) is 0 Å². The first-order valence-electron chi connectivity index (χ1n) is 9.90. The first kappa shape index (κ1) is 21.5. The minimum absolute atomic E-state index is 0.00550. The molecule has 1 atom stereocenters. The highest BCUT2D eigenvalue weighted by Gasteiger charge is 2.08. The van der Waals surface area contributed by atoms with Crippen LogP contribution in [0.1, 0.15) is 117 Å². The first-order valence-corrected chi connectivity index (χ1v) is 9.90. The molecule has 0 aliphatic heterocycles. The highest BCUT2D eigenvalue weighted by atomic mass is 16.5. The summed E-state index contributed by atoms with van der Waals surface area (Å²) in [6.07, 6.45) is 18.3. The van der Waals surface area contributed by atoms with Crippen molar-refractivity contribution in [2.24, 2.45) is 0 Å². The van der Waals surface area contributed by atoms with Crippen LogP contribution in [0, 0.1) is 0 Å². The lowest BCUT2D eigenvalue weighted by atomic mass is 10.1. The fraction of sp³-hybridized carbons (Fsp3) is 0.950. The lowest BCUT2D eigenvalue weighted by molar-refractivity contribution is -0.148. The maximum atomic E-state index is 11.7. The normalized spacial score (nSPS) is 12.3. The molecule has 2 heteroatoms. The van der Waals surface area contributed by atoms with E-state index in [-0.39, 0.29) is 12.1 Å². The fourth-order valence-corrected chi connectivity index (χ4v) is 2.78. The second kappa shape index (κ2) is 16.8. The van der Waals surface area contributed by atoms with Gasteiger partial charge in [0, 0.05) is 6.42 Å². The predicted molar refractivity (Wildman–Crippen MR) is 96.2 cm³/mol. The number of hydrogen-bond acceptors (Lipinski definition) is 2. The molecule has 0 spiro atoms. The number of rotatable bonds is 16. The zero-order valence-electron chi connectivity index (χ0n) is 15.5. The highest BCUT2D eigenvalue weighted by molar-refractivity contribution is 5.69. The average molecular weight is 313 g/mol. The van der Waals surface area contributed by atoms with Gasteiger partial charge in [-0.25, -0.2) is 0 Å². The van der Waals surface area contributed by atoms with E-state index in [9.17, 15) is 4.79 Å². The van der Waals surface area contributed by atoms with Crippen molar-refractivity contribution < 1.29 is 9.53 Å². The van der Waals surface area contributed by atoms with Crippen LogP contribution in [0.25, 0.3) is 0 Å². The summed E-state index contributed by atoms with van der Waals surface area (Å²) >= 11 is 0. The van der Waals surface area contributed by atoms with Crippen LogP contribution in [-0.2, 0) is 9.53 Å². The Labute approximate surface area is 139 Å². The molecule has 22 heavy (non-hydrogen) atoms. The van der Waals surface area contributed by atoms with E-state index in [0.29, 0.717) is 6.42 Å². The Bertz CT molecular complexity index is 238. The zero-order valence-corrected chi connectivity index (χ0v) is 15.5. The second-order valence-electron chi connectivity index (χ2n) is 6.73. The SMILES string of the molecule is CCCCCCCCCC(C)OC(=O)CCCCCCCC. The third-order valence-corrected chi connectivity index (χ3v) is 4.28. The predicted octanol–water partition coefficient (Wildman–Crippen LogP) is 6.81. The fourth-order valence-electron chi connectivity index (χ4n) is 2.78. The maximum absolute atomic E-state index is 11.7. The number of carbonyl (C=O) groups is 1. The molecule has 0 fully saturated rings. The quantitative estimate of drug-likeness (QED) is 0.231. The molecule has 0 aromatic heterocycles. The summed E-state index contributed by atoms with van der Waals surface area (Å²) in [5.74, 6) is 0.00550. The smallest absolute Gasteiger partial charge is 0.306 e. The lowest BCUT2D eigenvalue weighted by Crippen LogP contribution is -2.14. The van der Waals surface area contributed by atoms with Crippen molar-refractivity contribution in [1.82, 2.24) is 0 Å². The van der Waals surface area contributed by atoms with Gasteiger partial charge in [-0.15, -0.1) is 0 Å². The molecule has 1 unspecified atom stereocenters. The van der Waals surface area contributed by atoms with Crippen molar-refractivity contribution in [2.75, 3.05) is 0 Å². The van der Waals surface area contributed by atoms with Crippen LogP contribution >= 0.6 is 0 Å². The van der Waals surface area contributed by atoms with Gasteiger partial charge in [0.15, 0.2) is 0 Å². The third-order valence-electron chi connectivity index (χ3n) is 4.28. The molecular formula is C20H40O2. The summed E-state index contributed by atoms with van der Waals surface area (Å²) in [7, 11) is 0. The van der Waals surface area contributed by atoms with E-state index in [0.717, 1.165) is 12.8 Å². The van der Waals surface area contributed by atoms with Crippen LogP contribution in [-0.4, -0.2) is 12.1 Å². The van der Waals surface area contributed by atoms with E-state index in [1.165, 1.54) is 77.0 Å².